The van der Waals surface area contributed by atoms with E-state index in [0.29, 0.717) is 9.92 Å². The Morgan fingerprint density at radius 1 is 1.00 bits per heavy atom. The van der Waals surface area contributed by atoms with Crippen molar-refractivity contribution in [1.29, 1.82) is 0 Å². The van der Waals surface area contributed by atoms with Crippen molar-refractivity contribution in [2.45, 2.75) is 10.9 Å². The van der Waals surface area contributed by atoms with E-state index < -0.39 is 9.84 Å². The van der Waals surface area contributed by atoms with Crippen molar-refractivity contribution in [1.82, 2.24) is 4.90 Å². The molecule has 1 atom stereocenters. The summed E-state index contributed by atoms with van der Waals surface area (Å²) in [6.45, 7) is 0. The molecular weight excluding hydrogens is 306 g/mol. The third-order valence-corrected chi connectivity index (χ3v) is 5.35. The fourth-order valence-electron chi connectivity index (χ4n) is 2.16. The molecule has 0 aromatic heterocycles. The van der Waals surface area contributed by atoms with Crippen LogP contribution in [0.5, 0.6) is 0 Å². The average molecular weight is 324 g/mol. The largest absolute Gasteiger partial charge is 0.301 e. The van der Waals surface area contributed by atoms with Crippen molar-refractivity contribution in [3.63, 3.8) is 0 Å². The summed E-state index contributed by atoms with van der Waals surface area (Å²) in [5.74, 6) is 0.0334. The van der Waals surface area contributed by atoms with Gasteiger partial charge in [0.1, 0.15) is 0 Å². The van der Waals surface area contributed by atoms with Gasteiger partial charge in [0.2, 0.25) is 0 Å². The molecule has 0 aliphatic carbocycles. The molecule has 0 saturated carbocycles. The van der Waals surface area contributed by atoms with Gasteiger partial charge in [-0.05, 0) is 43.9 Å². The smallest absolute Gasteiger partial charge is 0.180 e. The molecule has 0 fully saturated rings. The summed E-state index contributed by atoms with van der Waals surface area (Å²) in [5, 5.41) is 0.529. The number of benzene rings is 2. The average Bonchev–Trinajstić information content (AvgIpc) is 2.46. The monoisotopic (exact) mass is 323 g/mol. The molecule has 112 valence electrons. The predicted octanol–water partition coefficient (Wildman–Crippen LogP) is 3.42. The lowest BCUT2D eigenvalue weighted by Crippen LogP contribution is -2.27. The zero-order chi connectivity index (χ0) is 15.5. The highest BCUT2D eigenvalue weighted by atomic mass is 35.5. The minimum absolute atomic E-state index is 0.0334. The van der Waals surface area contributed by atoms with Crippen LogP contribution in [0.15, 0.2) is 59.5 Å². The summed E-state index contributed by atoms with van der Waals surface area (Å²) >= 11 is 5.81. The summed E-state index contributed by atoms with van der Waals surface area (Å²) in [5.41, 5.74) is 0.986. The van der Waals surface area contributed by atoms with E-state index in [4.69, 9.17) is 11.6 Å². The van der Waals surface area contributed by atoms with Crippen LogP contribution in [0, 0.1) is 0 Å². The van der Waals surface area contributed by atoms with Gasteiger partial charge < -0.3 is 4.90 Å². The summed E-state index contributed by atoms with van der Waals surface area (Å²) < 4.78 is 25.1. The second-order valence-corrected chi connectivity index (χ2v) is 7.60. The van der Waals surface area contributed by atoms with E-state index in [9.17, 15) is 8.42 Å². The van der Waals surface area contributed by atoms with Crippen LogP contribution in [0.2, 0.25) is 5.02 Å². The lowest BCUT2D eigenvalue weighted by molar-refractivity contribution is 0.322. The van der Waals surface area contributed by atoms with Crippen molar-refractivity contribution >= 4 is 21.4 Å². The van der Waals surface area contributed by atoms with Gasteiger partial charge in [-0.15, -0.1) is 0 Å². The molecule has 0 amide bonds. The maximum absolute atomic E-state index is 12.6. The third-order valence-electron chi connectivity index (χ3n) is 3.36. The number of hydrogen-bond acceptors (Lipinski definition) is 3. The highest BCUT2D eigenvalue weighted by molar-refractivity contribution is 7.91. The van der Waals surface area contributed by atoms with Crippen LogP contribution >= 0.6 is 11.6 Å². The van der Waals surface area contributed by atoms with Gasteiger partial charge in [0.05, 0.1) is 10.6 Å². The molecule has 0 saturated heterocycles. The first-order valence-corrected chi connectivity index (χ1v) is 8.63. The van der Waals surface area contributed by atoms with Crippen LogP contribution in [0.25, 0.3) is 0 Å². The molecule has 0 spiro atoms. The summed E-state index contributed by atoms with van der Waals surface area (Å²) in [7, 11) is 0.398. The van der Waals surface area contributed by atoms with Crippen LogP contribution in [0.1, 0.15) is 11.6 Å². The molecule has 21 heavy (non-hydrogen) atoms. The lowest BCUT2D eigenvalue weighted by atomic mass is 10.1. The fraction of sp³-hybridized carbons (Fsp3) is 0.250. The molecule has 3 nitrogen and oxygen atoms in total. The van der Waals surface area contributed by atoms with Gasteiger partial charge in [0.15, 0.2) is 9.84 Å². The Balaban J connectivity index is 2.30. The molecule has 2 aromatic carbocycles. The molecule has 0 heterocycles. The van der Waals surface area contributed by atoms with Crippen molar-refractivity contribution in [3.05, 3.63) is 65.2 Å². The first-order valence-electron chi connectivity index (χ1n) is 6.60. The summed E-state index contributed by atoms with van der Waals surface area (Å²) in [4.78, 5) is 2.22. The number of halogens is 1. The first kappa shape index (κ1) is 16.0. The van der Waals surface area contributed by atoms with Gasteiger partial charge in [-0.25, -0.2) is 8.42 Å². The Kier molecular flexibility index (Phi) is 5.04. The van der Waals surface area contributed by atoms with Crippen molar-refractivity contribution in [2.24, 2.45) is 0 Å². The van der Waals surface area contributed by atoms with E-state index >= 15 is 0 Å². The van der Waals surface area contributed by atoms with E-state index in [2.05, 4.69) is 0 Å². The predicted molar refractivity (Wildman–Crippen MR) is 86.4 cm³/mol. The third kappa shape index (κ3) is 4.06. The van der Waals surface area contributed by atoms with Crippen LogP contribution in [-0.4, -0.2) is 33.2 Å². The van der Waals surface area contributed by atoms with Gasteiger partial charge in [0.25, 0.3) is 0 Å². The zero-order valence-electron chi connectivity index (χ0n) is 12.0. The minimum atomic E-state index is -3.37. The number of hydrogen-bond donors (Lipinski definition) is 0. The molecule has 0 bridgehead atoms. The minimum Gasteiger partial charge on any atom is -0.301 e. The Morgan fingerprint density at radius 2 is 1.57 bits per heavy atom. The quantitative estimate of drug-likeness (QED) is 0.846. The lowest BCUT2D eigenvalue weighted by Gasteiger charge is -2.24. The molecule has 5 heteroatoms. The maximum Gasteiger partial charge on any atom is 0.180 e. The SMILES string of the molecule is CN(C)C(CS(=O)(=O)c1ccc(Cl)cc1)c1ccccc1. The standard InChI is InChI=1S/C16H18ClNO2S/c1-18(2)16(13-6-4-3-5-7-13)12-21(19,20)15-10-8-14(17)9-11-15/h3-11,16H,12H2,1-2H3. The molecule has 1 unspecified atom stereocenters. The molecule has 2 rings (SSSR count). The van der Waals surface area contributed by atoms with E-state index in [1.807, 2.05) is 49.3 Å². The van der Waals surface area contributed by atoms with Gasteiger partial charge in [-0.1, -0.05) is 41.9 Å². The Morgan fingerprint density at radius 3 is 2.10 bits per heavy atom. The fourth-order valence-corrected chi connectivity index (χ4v) is 3.94. The van der Waals surface area contributed by atoms with Gasteiger partial charge in [-0.2, -0.15) is 0 Å². The molecule has 0 N–H and O–H groups in total. The van der Waals surface area contributed by atoms with Crippen molar-refractivity contribution < 1.29 is 8.42 Å². The molecule has 2 aromatic rings. The zero-order valence-corrected chi connectivity index (χ0v) is 13.6. The highest BCUT2D eigenvalue weighted by Crippen LogP contribution is 2.24. The normalized spacial score (nSPS) is 13.3. The highest BCUT2D eigenvalue weighted by Gasteiger charge is 2.24. The van der Waals surface area contributed by atoms with Gasteiger partial charge >= 0.3 is 0 Å². The molecule has 0 aliphatic rings. The van der Waals surface area contributed by atoms with Crippen LogP contribution in [-0.2, 0) is 9.84 Å². The number of nitrogens with zero attached hydrogens (tertiary/aromatic N) is 1. The molecular formula is C16H18ClNO2S. The first-order chi connectivity index (χ1) is 9.90. The van der Waals surface area contributed by atoms with Gasteiger partial charge in [-0.3, -0.25) is 0 Å². The number of sulfone groups is 1. The number of rotatable bonds is 5. The van der Waals surface area contributed by atoms with E-state index in [1.165, 1.54) is 0 Å². The van der Waals surface area contributed by atoms with Crippen LogP contribution in [0.3, 0.4) is 0 Å². The van der Waals surface area contributed by atoms with Crippen LogP contribution < -0.4 is 0 Å². The van der Waals surface area contributed by atoms with Gasteiger partial charge in [0, 0.05) is 11.1 Å². The van der Waals surface area contributed by atoms with Crippen molar-refractivity contribution in [3.8, 4) is 0 Å². The second-order valence-electron chi connectivity index (χ2n) is 5.13. The topological polar surface area (TPSA) is 37.4 Å². The Hall–Kier alpha value is -1.36. The second kappa shape index (κ2) is 6.60. The summed E-state index contributed by atoms with van der Waals surface area (Å²) in [6, 6.07) is 15.8. The molecule has 0 aliphatic heterocycles. The molecule has 0 radical (unpaired) electrons. The Bertz CT molecular complexity index is 682. The Labute approximate surface area is 131 Å². The van der Waals surface area contributed by atoms with E-state index in [0.717, 1.165) is 5.56 Å². The maximum atomic E-state index is 12.6. The summed E-state index contributed by atoms with van der Waals surface area (Å²) in [6.07, 6.45) is 0. The van der Waals surface area contributed by atoms with E-state index in [-0.39, 0.29) is 11.8 Å². The van der Waals surface area contributed by atoms with Crippen LogP contribution in [0.4, 0.5) is 0 Å². The van der Waals surface area contributed by atoms with Crippen molar-refractivity contribution in [2.75, 3.05) is 19.8 Å². The van der Waals surface area contributed by atoms with E-state index in [1.54, 1.807) is 24.3 Å².